The number of anilines is 1. The third-order valence-corrected chi connectivity index (χ3v) is 14.4. The highest BCUT2D eigenvalue weighted by molar-refractivity contribution is 6.42. The molecule has 2 aliphatic heterocycles. The van der Waals surface area contributed by atoms with Gasteiger partial charge in [-0.1, -0.05) is 132 Å². The molecule has 20 nitrogen and oxygen atoms in total. The number of halogens is 2. The van der Waals surface area contributed by atoms with Crippen molar-refractivity contribution in [2.75, 3.05) is 18.4 Å². The Hall–Kier alpha value is -8.62. The highest BCUT2D eigenvalue weighted by Crippen LogP contribution is 2.28. The number of carbonyl (C=O) groups is 10. The minimum atomic E-state index is -1.29. The molecular weight excluding hydrogens is 1150 g/mol. The van der Waals surface area contributed by atoms with E-state index in [1.54, 1.807) is 102 Å². The standard InChI is InChI=1S/C35H38Cl2N4O6.C29H35N3O7/c1-35(2,3)47-34(46)38-18-17-28(32(44)39-25-13-14-26(36)27(37)20-25)40-33(45)29-19-23-11-7-8-12-24(23)21-41(29)31(43)16-15-30(42)22-9-5-4-6-10-22;1-29(2,3)39-28(38)30-16-15-22(27(36)37)31-26(35)23-17-20-11-7-8-12-21(20)18-32(23)25(34)14-13-24(33)19-9-5-4-6-10-19/h4-14,20,28-29H,15-19,21H2,1-3H3,(H,38,46)(H,39,44)(H,40,45);4-12,22-23H,13-18H2,1-3H3,(H,30,38)(H,31,35)(H,36,37)/t28-,29?;22-,23?/m00/s1. The van der Waals surface area contributed by atoms with Crippen LogP contribution < -0.4 is 26.6 Å². The maximum Gasteiger partial charge on any atom is 0.407 e. The van der Waals surface area contributed by atoms with E-state index in [0.29, 0.717) is 21.8 Å². The maximum absolute atomic E-state index is 13.9. The number of carbonyl (C=O) groups excluding carboxylic acids is 9. The highest BCUT2D eigenvalue weighted by Gasteiger charge is 2.38. The van der Waals surface area contributed by atoms with Gasteiger partial charge in [-0.15, -0.1) is 0 Å². The Labute approximate surface area is 510 Å². The molecule has 0 spiro atoms. The molecule has 2 aliphatic rings. The Morgan fingerprint density at radius 3 is 1.33 bits per heavy atom. The zero-order valence-corrected chi connectivity index (χ0v) is 50.4. The predicted octanol–water partition coefficient (Wildman–Crippen LogP) is 9.04. The number of carboxylic acid groups (broad SMARTS) is 1. The zero-order chi connectivity index (χ0) is 62.7. The average molecular weight is 1220 g/mol. The van der Waals surface area contributed by atoms with Crippen LogP contribution in [0.15, 0.2) is 127 Å². The van der Waals surface area contributed by atoms with Gasteiger partial charge < -0.3 is 51.0 Å². The van der Waals surface area contributed by atoms with Gasteiger partial charge in [0.2, 0.25) is 29.5 Å². The molecule has 86 heavy (non-hydrogen) atoms. The van der Waals surface area contributed by atoms with Crippen LogP contribution in [0.2, 0.25) is 10.0 Å². The number of rotatable bonds is 21. The highest BCUT2D eigenvalue weighted by atomic mass is 35.5. The summed E-state index contributed by atoms with van der Waals surface area (Å²) in [6.45, 7) is 10.6. The molecule has 7 rings (SSSR count). The largest absolute Gasteiger partial charge is 0.480 e. The number of hydrogen-bond donors (Lipinski definition) is 6. The molecular formula is C64H73Cl2N7O13. The van der Waals surface area contributed by atoms with Crippen LogP contribution in [-0.2, 0) is 64.2 Å². The van der Waals surface area contributed by atoms with Crippen molar-refractivity contribution in [1.29, 1.82) is 0 Å². The van der Waals surface area contributed by atoms with Crippen LogP contribution in [0.5, 0.6) is 0 Å². The summed E-state index contributed by atoms with van der Waals surface area (Å²) < 4.78 is 10.4. The predicted molar refractivity (Wildman–Crippen MR) is 323 cm³/mol. The van der Waals surface area contributed by atoms with Crippen molar-refractivity contribution in [3.8, 4) is 0 Å². The Balaban J connectivity index is 0.000000280. The van der Waals surface area contributed by atoms with Crippen molar-refractivity contribution >= 4 is 88.1 Å². The first kappa shape index (κ1) is 66.5. The number of amides is 7. The number of nitrogens with one attached hydrogen (secondary N) is 5. The van der Waals surface area contributed by atoms with Gasteiger partial charge in [-0.05, 0) is 94.8 Å². The first-order chi connectivity index (χ1) is 40.7. The maximum atomic E-state index is 13.9. The van der Waals surface area contributed by atoms with Crippen molar-refractivity contribution in [1.82, 2.24) is 31.1 Å². The number of ketones is 2. The van der Waals surface area contributed by atoms with Gasteiger partial charge in [-0.2, -0.15) is 0 Å². The molecule has 2 heterocycles. The van der Waals surface area contributed by atoms with Gasteiger partial charge in [-0.3, -0.25) is 33.6 Å². The van der Waals surface area contributed by atoms with E-state index in [1.165, 1.54) is 21.9 Å². The van der Waals surface area contributed by atoms with E-state index < -0.39 is 71.2 Å². The van der Waals surface area contributed by atoms with E-state index in [1.807, 2.05) is 54.6 Å². The number of hydrogen-bond acceptors (Lipinski definition) is 12. The first-order valence-corrected chi connectivity index (χ1v) is 28.9. The van der Waals surface area contributed by atoms with Gasteiger partial charge in [0.25, 0.3) is 0 Å². The number of alkyl carbamates (subject to hydrolysis) is 2. The van der Waals surface area contributed by atoms with E-state index in [9.17, 15) is 53.1 Å². The van der Waals surface area contributed by atoms with Crippen LogP contribution in [0.1, 0.15) is 123 Å². The molecule has 0 aliphatic carbocycles. The van der Waals surface area contributed by atoms with E-state index in [-0.39, 0.29) is 106 Å². The second-order valence-corrected chi connectivity index (χ2v) is 23.4. The Kier molecular flexibility index (Phi) is 24.0. The first-order valence-electron chi connectivity index (χ1n) is 28.2. The number of carboxylic acids is 1. The lowest BCUT2D eigenvalue weighted by Gasteiger charge is -2.37. The molecule has 2 unspecified atom stereocenters. The Morgan fingerprint density at radius 1 is 0.523 bits per heavy atom. The number of Topliss-reactive ketones (excluding diaryl/α,β-unsaturated/α-hetero) is 2. The summed E-state index contributed by atoms with van der Waals surface area (Å²) in [5, 5.41) is 23.4. The molecule has 0 fully saturated rings. The smallest absolute Gasteiger partial charge is 0.407 e. The summed E-state index contributed by atoms with van der Waals surface area (Å²) in [6, 6.07) is 32.6. The van der Waals surface area contributed by atoms with Crippen molar-refractivity contribution in [2.24, 2.45) is 0 Å². The Morgan fingerprint density at radius 2 is 0.919 bits per heavy atom. The molecule has 0 bridgehead atoms. The molecule has 0 aromatic heterocycles. The van der Waals surface area contributed by atoms with Crippen LogP contribution in [0.25, 0.3) is 0 Å². The summed E-state index contributed by atoms with van der Waals surface area (Å²) in [7, 11) is 0. The molecule has 22 heteroatoms. The van der Waals surface area contributed by atoms with E-state index in [4.69, 9.17) is 32.7 Å². The molecule has 0 radical (unpaired) electrons. The van der Waals surface area contributed by atoms with Gasteiger partial charge in [-0.25, -0.2) is 14.4 Å². The normalized spacial score (nSPS) is 15.1. The average Bonchev–Trinajstić information content (AvgIpc) is 1.53. The van der Waals surface area contributed by atoms with E-state index in [2.05, 4.69) is 26.6 Å². The molecule has 6 N–H and O–H groups in total. The Bertz CT molecular complexity index is 3260. The van der Waals surface area contributed by atoms with Crippen LogP contribution in [0, 0.1) is 0 Å². The van der Waals surface area contributed by atoms with Crippen molar-refractivity contribution in [3.05, 3.63) is 171 Å². The van der Waals surface area contributed by atoms with Gasteiger partial charge in [0, 0.05) is 81.5 Å². The fourth-order valence-corrected chi connectivity index (χ4v) is 9.73. The van der Waals surface area contributed by atoms with Crippen LogP contribution >= 0.6 is 23.2 Å². The summed E-state index contributed by atoms with van der Waals surface area (Å²) in [6.07, 6.45) is -1.18. The summed E-state index contributed by atoms with van der Waals surface area (Å²) in [5.74, 6) is -4.06. The summed E-state index contributed by atoms with van der Waals surface area (Å²) in [4.78, 5) is 132. The molecule has 4 atom stereocenters. The number of nitrogens with zero attached hydrogens (tertiary/aromatic N) is 2. The number of fused-ring (bicyclic) bond motifs is 2. The van der Waals surface area contributed by atoms with E-state index in [0.717, 1.165) is 22.3 Å². The minimum Gasteiger partial charge on any atom is -0.480 e. The van der Waals surface area contributed by atoms with Gasteiger partial charge in [0.05, 0.1) is 10.0 Å². The molecule has 0 saturated heterocycles. The fourth-order valence-electron chi connectivity index (χ4n) is 9.43. The van der Waals surface area contributed by atoms with Crippen LogP contribution in [-0.4, -0.2) is 123 Å². The van der Waals surface area contributed by atoms with Crippen molar-refractivity contribution in [2.45, 2.75) is 141 Å². The third-order valence-electron chi connectivity index (χ3n) is 13.7. The van der Waals surface area contributed by atoms with Gasteiger partial charge in [0.15, 0.2) is 11.6 Å². The second-order valence-electron chi connectivity index (χ2n) is 22.6. The lowest BCUT2D eigenvalue weighted by Crippen LogP contribution is -2.56. The molecule has 5 aromatic rings. The summed E-state index contributed by atoms with van der Waals surface area (Å²) in [5.41, 5.74) is 3.53. The zero-order valence-electron chi connectivity index (χ0n) is 48.9. The minimum absolute atomic E-state index is 0.00635. The monoisotopic (exact) mass is 1220 g/mol. The molecule has 456 valence electrons. The van der Waals surface area contributed by atoms with Crippen LogP contribution in [0.3, 0.4) is 0 Å². The molecule has 7 amide bonds. The van der Waals surface area contributed by atoms with E-state index >= 15 is 0 Å². The number of aliphatic carboxylic acids is 1. The van der Waals surface area contributed by atoms with Crippen LogP contribution in [0.4, 0.5) is 15.3 Å². The second kappa shape index (κ2) is 31.0. The quantitative estimate of drug-likeness (QED) is 0.0375. The molecule has 0 saturated carbocycles. The topological polar surface area (TPSA) is 276 Å². The van der Waals surface area contributed by atoms with Crippen molar-refractivity contribution in [3.63, 3.8) is 0 Å². The lowest BCUT2D eigenvalue weighted by molar-refractivity contribution is -0.145. The number of benzene rings is 5. The SMILES string of the molecule is CC(C)(C)OC(=O)NCC[C@H](NC(=O)C1Cc2ccccc2CN1C(=O)CCC(=O)c1ccccc1)C(=O)Nc1ccc(Cl)c(Cl)c1.CC(C)(C)OC(=O)NCC[C@H](NC(=O)C1Cc2ccccc2CN1C(=O)CCC(=O)c1ccccc1)C(=O)O. The van der Waals surface area contributed by atoms with Gasteiger partial charge >= 0.3 is 18.2 Å². The third kappa shape index (κ3) is 20.6. The molecule has 5 aromatic carbocycles. The lowest BCUT2D eigenvalue weighted by atomic mass is 9.92. The summed E-state index contributed by atoms with van der Waals surface area (Å²) >= 11 is 12.1. The van der Waals surface area contributed by atoms with Gasteiger partial charge in [0.1, 0.15) is 35.4 Å². The fraction of sp³-hybridized carbons (Fsp3) is 0.375. The number of ether oxygens (including phenoxy) is 2. The van der Waals surface area contributed by atoms with Crippen molar-refractivity contribution < 1.29 is 62.5 Å².